The normalized spacial score (nSPS) is 14.3. The lowest BCUT2D eigenvalue weighted by Crippen LogP contribution is -2.33. The van der Waals surface area contributed by atoms with E-state index in [2.05, 4.69) is 15.1 Å². The highest BCUT2D eigenvalue weighted by atomic mass is 16.5. The summed E-state index contributed by atoms with van der Waals surface area (Å²) in [5.41, 5.74) is 7.23. The number of pyridine rings is 1. The van der Waals surface area contributed by atoms with Crippen LogP contribution in [0.15, 0.2) is 41.1 Å². The Labute approximate surface area is 116 Å². The molecule has 3 aromatic rings. The molecule has 0 spiro atoms. The third-order valence-corrected chi connectivity index (χ3v) is 3.53. The summed E-state index contributed by atoms with van der Waals surface area (Å²) in [4.78, 5) is 8.82. The van der Waals surface area contributed by atoms with E-state index in [0.717, 1.165) is 22.9 Å². The maximum absolute atomic E-state index is 6.14. The Kier molecular flexibility index (Phi) is 2.99. The second-order valence-corrected chi connectivity index (χ2v) is 5.07. The molecule has 102 valence electrons. The van der Waals surface area contributed by atoms with E-state index in [-0.39, 0.29) is 0 Å². The summed E-state index contributed by atoms with van der Waals surface area (Å²) in [6.07, 6.45) is 2.49. The number of fused-ring (bicyclic) bond motifs is 1. The molecule has 1 unspecified atom stereocenters. The first-order valence-electron chi connectivity index (χ1n) is 6.59. The summed E-state index contributed by atoms with van der Waals surface area (Å²) < 4.78 is 5.37. The Hall–Kier alpha value is -2.27. The number of benzene rings is 1. The van der Waals surface area contributed by atoms with E-state index in [9.17, 15) is 0 Å². The zero-order chi connectivity index (χ0) is 14.2. The monoisotopic (exact) mass is 268 g/mol. The summed E-state index contributed by atoms with van der Waals surface area (Å²) in [5, 5.41) is 5.04. The van der Waals surface area contributed by atoms with Crippen LogP contribution in [0.1, 0.15) is 26.1 Å². The minimum atomic E-state index is -0.584. The molecule has 0 radical (unpaired) electrons. The van der Waals surface area contributed by atoms with Gasteiger partial charge in [-0.25, -0.2) is 0 Å². The lowest BCUT2D eigenvalue weighted by atomic mass is 10.00. The van der Waals surface area contributed by atoms with Gasteiger partial charge < -0.3 is 10.3 Å². The molecule has 0 saturated heterocycles. The van der Waals surface area contributed by atoms with Crippen LogP contribution < -0.4 is 5.73 Å². The van der Waals surface area contributed by atoms with Gasteiger partial charge in [0.1, 0.15) is 0 Å². The molecule has 0 aliphatic carbocycles. The smallest absolute Gasteiger partial charge is 0.260 e. The molecule has 20 heavy (non-hydrogen) atoms. The molecule has 2 aromatic heterocycles. The first kappa shape index (κ1) is 12.7. The van der Waals surface area contributed by atoms with Gasteiger partial charge in [0.2, 0.25) is 0 Å². The standard InChI is InChI=1S/C15H16N4O/c1-3-15(2,16)14-18-13(20-19-14)11-8-4-6-10-7-5-9-17-12(10)11/h4-9H,3,16H2,1-2H3. The fourth-order valence-corrected chi connectivity index (χ4v) is 2.00. The molecule has 3 rings (SSSR count). The van der Waals surface area contributed by atoms with Crippen molar-refractivity contribution in [1.82, 2.24) is 15.1 Å². The molecule has 0 aliphatic rings. The van der Waals surface area contributed by atoms with E-state index in [0.29, 0.717) is 11.7 Å². The number of nitrogens with zero attached hydrogens (tertiary/aromatic N) is 3. The lowest BCUT2D eigenvalue weighted by Gasteiger charge is -2.16. The van der Waals surface area contributed by atoms with Crippen LogP contribution in [-0.4, -0.2) is 15.1 Å². The topological polar surface area (TPSA) is 77.8 Å². The molecule has 0 bridgehead atoms. The average Bonchev–Trinajstić information content (AvgIpc) is 2.97. The molecule has 5 heteroatoms. The molecule has 0 saturated carbocycles. The van der Waals surface area contributed by atoms with Crippen molar-refractivity contribution < 1.29 is 4.52 Å². The summed E-state index contributed by atoms with van der Waals surface area (Å²) in [6.45, 7) is 3.89. The highest BCUT2D eigenvalue weighted by molar-refractivity contribution is 5.91. The average molecular weight is 268 g/mol. The van der Waals surface area contributed by atoms with E-state index in [1.165, 1.54) is 0 Å². The van der Waals surface area contributed by atoms with Gasteiger partial charge in [-0.1, -0.05) is 30.3 Å². The number of hydrogen-bond acceptors (Lipinski definition) is 5. The first-order valence-corrected chi connectivity index (χ1v) is 6.59. The molecule has 2 heterocycles. The van der Waals surface area contributed by atoms with Gasteiger partial charge in [-0.05, 0) is 25.5 Å². The fourth-order valence-electron chi connectivity index (χ4n) is 2.00. The van der Waals surface area contributed by atoms with E-state index < -0.39 is 5.54 Å². The fraction of sp³-hybridized carbons (Fsp3) is 0.267. The van der Waals surface area contributed by atoms with Crippen LogP contribution in [-0.2, 0) is 5.54 Å². The van der Waals surface area contributed by atoms with Crippen molar-refractivity contribution in [2.75, 3.05) is 0 Å². The van der Waals surface area contributed by atoms with Crippen molar-refractivity contribution in [1.29, 1.82) is 0 Å². The molecule has 0 amide bonds. The summed E-state index contributed by atoms with van der Waals surface area (Å²) >= 11 is 0. The minimum Gasteiger partial charge on any atom is -0.334 e. The predicted molar refractivity (Wildman–Crippen MR) is 76.9 cm³/mol. The molecule has 5 nitrogen and oxygen atoms in total. The molecule has 1 aromatic carbocycles. The zero-order valence-electron chi connectivity index (χ0n) is 11.5. The number of rotatable bonds is 3. The number of para-hydroxylation sites is 1. The number of nitrogens with two attached hydrogens (primary N) is 1. The lowest BCUT2D eigenvalue weighted by molar-refractivity contribution is 0.379. The Bertz CT molecular complexity index is 743. The molecular formula is C15H16N4O. The summed E-state index contributed by atoms with van der Waals surface area (Å²) in [7, 11) is 0. The highest BCUT2D eigenvalue weighted by Crippen LogP contribution is 2.27. The predicted octanol–water partition coefficient (Wildman–Crippen LogP) is 2.87. The van der Waals surface area contributed by atoms with Crippen LogP contribution in [0.5, 0.6) is 0 Å². The second kappa shape index (κ2) is 4.68. The van der Waals surface area contributed by atoms with Crippen molar-refractivity contribution in [3.05, 3.63) is 42.4 Å². The summed E-state index contributed by atoms with van der Waals surface area (Å²) in [5.74, 6) is 0.970. The quantitative estimate of drug-likeness (QED) is 0.790. The molecule has 1 atom stereocenters. The Morgan fingerprint density at radius 2 is 2.05 bits per heavy atom. The summed E-state index contributed by atoms with van der Waals surface area (Å²) in [6, 6.07) is 9.78. The molecular weight excluding hydrogens is 252 g/mol. The van der Waals surface area contributed by atoms with Crippen molar-refractivity contribution in [3.8, 4) is 11.5 Å². The number of hydrogen-bond donors (Lipinski definition) is 1. The van der Waals surface area contributed by atoms with Gasteiger partial charge >= 0.3 is 0 Å². The van der Waals surface area contributed by atoms with Crippen LogP contribution in [0, 0.1) is 0 Å². The van der Waals surface area contributed by atoms with Gasteiger partial charge in [0.05, 0.1) is 16.6 Å². The van der Waals surface area contributed by atoms with Crippen LogP contribution in [0.2, 0.25) is 0 Å². The van der Waals surface area contributed by atoms with Gasteiger partial charge in [-0.3, -0.25) is 4.98 Å². The molecule has 0 fully saturated rings. The van der Waals surface area contributed by atoms with Gasteiger partial charge in [-0.2, -0.15) is 4.98 Å². The van der Waals surface area contributed by atoms with E-state index >= 15 is 0 Å². The van der Waals surface area contributed by atoms with E-state index in [4.69, 9.17) is 10.3 Å². The van der Waals surface area contributed by atoms with Crippen LogP contribution in [0.25, 0.3) is 22.4 Å². The molecule has 2 N–H and O–H groups in total. The van der Waals surface area contributed by atoms with E-state index in [1.807, 2.05) is 44.2 Å². The van der Waals surface area contributed by atoms with Gasteiger partial charge in [0, 0.05) is 11.6 Å². The maximum Gasteiger partial charge on any atom is 0.260 e. The third kappa shape index (κ3) is 2.06. The van der Waals surface area contributed by atoms with Crippen LogP contribution in [0.3, 0.4) is 0 Å². The molecule has 0 aliphatic heterocycles. The zero-order valence-corrected chi connectivity index (χ0v) is 11.5. The SMILES string of the molecule is CCC(C)(N)c1noc(-c2cccc3cccnc23)n1. The van der Waals surface area contributed by atoms with Crippen molar-refractivity contribution >= 4 is 10.9 Å². The minimum absolute atomic E-state index is 0.453. The van der Waals surface area contributed by atoms with Crippen molar-refractivity contribution in [3.63, 3.8) is 0 Å². The second-order valence-electron chi connectivity index (χ2n) is 5.07. The van der Waals surface area contributed by atoms with Gasteiger partial charge in [0.25, 0.3) is 5.89 Å². The maximum atomic E-state index is 6.14. The number of aromatic nitrogens is 3. The van der Waals surface area contributed by atoms with Crippen LogP contribution >= 0.6 is 0 Å². The Morgan fingerprint density at radius 1 is 1.25 bits per heavy atom. The van der Waals surface area contributed by atoms with Gasteiger partial charge in [-0.15, -0.1) is 0 Å². The van der Waals surface area contributed by atoms with Crippen molar-refractivity contribution in [2.45, 2.75) is 25.8 Å². The van der Waals surface area contributed by atoms with Crippen LogP contribution in [0.4, 0.5) is 0 Å². The highest BCUT2D eigenvalue weighted by Gasteiger charge is 2.26. The first-order chi connectivity index (χ1) is 9.62. The third-order valence-electron chi connectivity index (χ3n) is 3.53. The Balaban J connectivity index is 2.13. The van der Waals surface area contributed by atoms with E-state index in [1.54, 1.807) is 6.20 Å². The van der Waals surface area contributed by atoms with Crippen molar-refractivity contribution in [2.24, 2.45) is 5.73 Å². The van der Waals surface area contributed by atoms with Gasteiger partial charge in [0.15, 0.2) is 5.82 Å². The Morgan fingerprint density at radius 3 is 2.85 bits per heavy atom. The largest absolute Gasteiger partial charge is 0.334 e.